The first kappa shape index (κ1) is 11.6. The lowest BCUT2D eigenvalue weighted by Gasteiger charge is -1.99. The average Bonchev–Trinajstić information content (AvgIpc) is 2.86. The van der Waals surface area contributed by atoms with E-state index in [0.29, 0.717) is 11.5 Å². The Hall–Kier alpha value is -1.83. The van der Waals surface area contributed by atoms with Crippen LogP contribution in [0, 0.1) is 6.92 Å². The Morgan fingerprint density at radius 3 is 2.88 bits per heavy atom. The van der Waals surface area contributed by atoms with Crippen LogP contribution in [0.25, 0.3) is 11.6 Å². The molecule has 0 unspecified atom stereocenters. The summed E-state index contributed by atoms with van der Waals surface area (Å²) >= 11 is 0.976. The van der Waals surface area contributed by atoms with Gasteiger partial charge in [-0.3, -0.25) is 4.79 Å². The second-order valence-corrected chi connectivity index (χ2v) is 4.59. The van der Waals surface area contributed by atoms with Gasteiger partial charge >= 0.3 is 5.97 Å². The summed E-state index contributed by atoms with van der Waals surface area (Å²) in [6, 6.07) is 1.66. The molecule has 0 aromatic carbocycles. The molecule has 2 aromatic rings. The molecule has 2 heterocycles. The minimum atomic E-state index is -0.938. The summed E-state index contributed by atoms with van der Waals surface area (Å²) in [6.45, 7) is 3.28. The molecule has 0 radical (unpaired) electrons. The van der Waals surface area contributed by atoms with Gasteiger partial charge in [0.2, 0.25) is 0 Å². The number of nitrogens with zero attached hydrogens (tertiary/aromatic N) is 3. The van der Waals surface area contributed by atoms with Crippen molar-refractivity contribution in [3.05, 3.63) is 11.8 Å². The predicted molar refractivity (Wildman–Crippen MR) is 57.5 cm³/mol. The molecule has 0 fully saturated rings. The number of carboxylic acids is 1. The third-order valence-electron chi connectivity index (χ3n) is 1.88. The molecule has 0 saturated carbocycles. The van der Waals surface area contributed by atoms with Crippen LogP contribution >= 0.6 is 11.8 Å². The van der Waals surface area contributed by atoms with Crippen LogP contribution in [0.1, 0.15) is 12.7 Å². The number of carboxylic acid groups (broad SMARTS) is 1. The van der Waals surface area contributed by atoms with Gasteiger partial charge in [-0.15, -0.1) is 10.2 Å². The standard InChI is InChI=1S/C9H9N3O4S/c1-4-3-6(12-16-4)7-10-11-9(15-7)17-5(2)8(13)14/h3,5H,1-2H3,(H,13,14)/t5-/m1/s1. The smallest absolute Gasteiger partial charge is 0.316 e. The van der Waals surface area contributed by atoms with Crippen LogP contribution in [0.5, 0.6) is 0 Å². The lowest BCUT2D eigenvalue weighted by atomic mass is 10.4. The van der Waals surface area contributed by atoms with E-state index >= 15 is 0 Å². The molecule has 1 atom stereocenters. The van der Waals surface area contributed by atoms with Crippen LogP contribution in [0.3, 0.4) is 0 Å². The largest absolute Gasteiger partial charge is 0.480 e. The zero-order chi connectivity index (χ0) is 12.4. The molecule has 0 aliphatic carbocycles. The first-order chi connectivity index (χ1) is 8.06. The van der Waals surface area contributed by atoms with Crippen LogP contribution < -0.4 is 0 Å². The van der Waals surface area contributed by atoms with Gasteiger partial charge in [0, 0.05) is 6.07 Å². The van der Waals surface area contributed by atoms with Crippen molar-refractivity contribution in [2.75, 3.05) is 0 Å². The minimum Gasteiger partial charge on any atom is -0.480 e. The first-order valence-corrected chi connectivity index (χ1v) is 5.61. The van der Waals surface area contributed by atoms with E-state index in [9.17, 15) is 4.79 Å². The van der Waals surface area contributed by atoms with Gasteiger partial charge in [-0.1, -0.05) is 16.9 Å². The SMILES string of the molecule is Cc1cc(-c2nnc(S[C@H](C)C(=O)O)o2)no1. The van der Waals surface area contributed by atoms with Crippen molar-refractivity contribution in [3.8, 4) is 11.6 Å². The van der Waals surface area contributed by atoms with Crippen molar-refractivity contribution in [1.29, 1.82) is 0 Å². The van der Waals surface area contributed by atoms with Gasteiger partial charge in [-0.2, -0.15) is 0 Å². The molecule has 8 heteroatoms. The molecule has 17 heavy (non-hydrogen) atoms. The van der Waals surface area contributed by atoms with Crippen LogP contribution in [-0.2, 0) is 4.79 Å². The van der Waals surface area contributed by atoms with Gasteiger partial charge in [-0.05, 0) is 13.8 Å². The van der Waals surface area contributed by atoms with Crippen LogP contribution in [0.4, 0.5) is 0 Å². The van der Waals surface area contributed by atoms with Crippen LogP contribution in [0.2, 0.25) is 0 Å². The first-order valence-electron chi connectivity index (χ1n) is 4.73. The van der Waals surface area contributed by atoms with Gasteiger partial charge in [0.25, 0.3) is 11.1 Å². The summed E-state index contributed by atoms with van der Waals surface area (Å²) in [6.07, 6.45) is 0. The fraction of sp³-hybridized carbons (Fsp3) is 0.333. The molecule has 0 aliphatic rings. The average molecular weight is 255 g/mol. The van der Waals surface area contributed by atoms with Gasteiger partial charge in [0.15, 0.2) is 5.69 Å². The summed E-state index contributed by atoms with van der Waals surface area (Å²) in [4.78, 5) is 10.6. The number of aliphatic carboxylic acids is 1. The van der Waals surface area contributed by atoms with Crippen molar-refractivity contribution < 1.29 is 18.8 Å². The van der Waals surface area contributed by atoms with Gasteiger partial charge in [0.05, 0.1) is 0 Å². The number of rotatable bonds is 4. The Morgan fingerprint density at radius 2 is 2.29 bits per heavy atom. The second-order valence-electron chi connectivity index (χ2n) is 3.29. The van der Waals surface area contributed by atoms with E-state index in [1.807, 2.05) is 0 Å². The lowest BCUT2D eigenvalue weighted by molar-refractivity contribution is -0.136. The molecule has 1 N–H and O–H groups in total. The van der Waals surface area contributed by atoms with Crippen molar-refractivity contribution in [2.45, 2.75) is 24.3 Å². The maximum absolute atomic E-state index is 10.6. The fourth-order valence-electron chi connectivity index (χ4n) is 1.03. The monoisotopic (exact) mass is 255 g/mol. The lowest BCUT2D eigenvalue weighted by Crippen LogP contribution is -2.10. The highest BCUT2D eigenvalue weighted by Gasteiger charge is 2.18. The maximum atomic E-state index is 10.6. The molecule has 2 aromatic heterocycles. The Balaban J connectivity index is 2.13. The van der Waals surface area contributed by atoms with E-state index in [1.54, 1.807) is 13.0 Å². The molecule has 90 valence electrons. The quantitative estimate of drug-likeness (QED) is 0.822. The fourth-order valence-corrected chi connectivity index (χ4v) is 1.65. The third kappa shape index (κ3) is 2.64. The van der Waals surface area contributed by atoms with Crippen LogP contribution in [-0.4, -0.2) is 31.7 Å². The topological polar surface area (TPSA) is 102 Å². The highest BCUT2D eigenvalue weighted by Crippen LogP contribution is 2.25. The molecule has 0 spiro atoms. The van der Waals surface area contributed by atoms with E-state index in [2.05, 4.69) is 15.4 Å². The van der Waals surface area contributed by atoms with Gasteiger partial charge in [0.1, 0.15) is 11.0 Å². The van der Waals surface area contributed by atoms with Gasteiger partial charge in [-0.25, -0.2) is 0 Å². The Bertz CT molecular complexity index is 536. The Labute approximate surface area is 100 Å². The van der Waals surface area contributed by atoms with Crippen molar-refractivity contribution in [1.82, 2.24) is 15.4 Å². The summed E-state index contributed by atoms with van der Waals surface area (Å²) < 4.78 is 10.1. The molecular formula is C9H9N3O4S. The summed E-state index contributed by atoms with van der Waals surface area (Å²) in [5, 5.41) is 19.5. The van der Waals surface area contributed by atoms with Crippen LogP contribution in [0.15, 0.2) is 20.2 Å². The molecule has 0 amide bonds. The molecule has 2 rings (SSSR count). The molecule has 7 nitrogen and oxygen atoms in total. The number of aromatic nitrogens is 3. The molecular weight excluding hydrogens is 246 g/mol. The van der Waals surface area contributed by atoms with E-state index in [4.69, 9.17) is 14.0 Å². The number of hydrogen-bond donors (Lipinski definition) is 1. The summed E-state index contributed by atoms with van der Waals surface area (Å²) in [5.41, 5.74) is 0.435. The molecule has 0 aliphatic heterocycles. The number of carbonyl (C=O) groups is 1. The van der Waals surface area contributed by atoms with Crippen molar-refractivity contribution in [2.24, 2.45) is 0 Å². The summed E-state index contributed by atoms with van der Waals surface area (Å²) in [7, 11) is 0. The second kappa shape index (κ2) is 4.58. The van der Waals surface area contributed by atoms with E-state index in [-0.39, 0.29) is 11.1 Å². The van der Waals surface area contributed by atoms with Gasteiger partial charge < -0.3 is 14.0 Å². The Morgan fingerprint density at radius 1 is 1.53 bits per heavy atom. The zero-order valence-corrected chi connectivity index (χ0v) is 9.89. The zero-order valence-electron chi connectivity index (χ0n) is 9.08. The van der Waals surface area contributed by atoms with Crippen molar-refractivity contribution >= 4 is 17.7 Å². The highest BCUT2D eigenvalue weighted by molar-refractivity contribution is 8.00. The maximum Gasteiger partial charge on any atom is 0.316 e. The highest BCUT2D eigenvalue weighted by atomic mass is 32.2. The van der Waals surface area contributed by atoms with E-state index in [1.165, 1.54) is 6.92 Å². The minimum absolute atomic E-state index is 0.190. The number of hydrogen-bond acceptors (Lipinski definition) is 7. The normalized spacial score (nSPS) is 12.6. The Kier molecular flexibility index (Phi) is 3.14. The predicted octanol–water partition coefficient (Wildman–Crippen LogP) is 1.60. The third-order valence-corrected chi connectivity index (χ3v) is 2.80. The summed E-state index contributed by atoms with van der Waals surface area (Å²) in [5.74, 6) is -0.0970. The molecule has 0 saturated heterocycles. The van der Waals surface area contributed by atoms with E-state index in [0.717, 1.165) is 11.8 Å². The molecule has 0 bridgehead atoms. The number of thioether (sulfide) groups is 1. The van der Waals surface area contributed by atoms with E-state index < -0.39 is 11.2 Å². The number of aryl methyl sites for hydroxylation is 1. The van der Waals surface area contributed by atoms with Crippen molar-refractivity contribution in [3.63, 3.8) is 0 Å².